The van der Waals surface area contributed by atoms with Crippen molar-refractivity contribution in [2.24, 2.45) is 52.3 Å². The fourth-order valence-corrected chi connectivity index (χ4v) is 12.4. The van der Waals surface area contributed by atoms with Crippen LogP contribution in [0.15, 0.2) is 109 Å². The number of hydrogen-bond acceptors (Lipinski definition) is 4. The van der Waals surface area contributed by atoms with Crippen LogP contribution in [0.4, 0.5) is 11.4 Å². The van der Waals surface area contributed by atoms with Crippen molar-refractivity contribution in [2.75, 3.05) is 11.5 Å². The van der Waals surface area contributed by atoms with Gasteiger partial charge in [-0.25, -0.2) is 0 Å². The van der Waals surface area contributed by atoms with E-state index in [1.54, 1.807) is 0 Å². The molecule has 8 rings (SSSR count). The minimum atomic E-state index is -0.117. The van der Waals surface area contributed by atoms with Gasteiger partial charge in [0.2, 0.25) is 0 Å². The number of benzene rings is 4. The molecule has 55 heavy (non-hydrogen) atoms. The van der Waals surface area contributed by atoms with E-state index >= 15 is 0 Å². The summed E-state index contributed by atoms with van der Waals surface area (Å²) in [6, 6.07) is 33.1. The lowest BCUT2D eigenvalue weighted by Crippen LogP contribution is -2.54. The van der Waals surface area contributed by atoms with Gasteiger partial charge < -0.3 is 20.9 Å². The van der Waals surface area contributed by atoms with Crippen LogP contribution in [0.1, 0.15) is 110 Å². The summed E-state index contributed by atoms with van der Waals surface area (Å²) in [6.07, 6.45) is 18.7. The molecule has 0 aromatic heterocycles. The number of fused-ring (bicyclic) bond motifs is 5. The Labute approximate surface area is 331 Å². The Morgan fingerprint density at radius 2 is 1.09 bits per heavy atom. The lowest BCUT2D eigenvalue weighted by Gasteiger charge is -2.61. The van der Waals surface area contributed by atoms with Crippen LogP contribution in [0.5, 0.6) is 23.0 Å². The molecule has 8 unspecified atom stereocenters. The van der Waals surface area contributed by atoms with E-state index in [1.165, 1.54) is 62.5 Å². The molecule has 0 heterocycles. The highest BCUT2D eigenvalue weighted by Gasteiger charge is 2.61. The number of allylic oxidation sites excluding steroid dienone is 2. The SMILES string of the molecule is CC(C)CCCC(C)C1CCC2C3C=CC4CC(c5ccc(Oc6ccc(N)cc6)cc5)(c5ccc(Oc6ccc(N)cc6)cc5)CCC4(C)C3CCC12C. The van der Waals surface area contributed by atoms with Gasteiger partial charge in [0.1, 0.15) is 23.0 Å². The van der Waals surface area contributed by atoms with Crippen molar-refractivity contribution in [1.29, 1.82) is 0 Å². The predicted molar refractivity (Wildman–Crippen MR) is 228 cm³/mol. The summed E-state index contributed by atoms with van der Waals surface area (Å²) in [4.78, 5) is 0. The van der Waals surface area contributed by atoms with Gasteiger partial charge in [0.15, 0.2) is 0 Å². The molecule has 0 radical (unpaired) electrons. The largest absolute Gasteiger partial charge is 0.457 e. The quantitative estimate of drug-likeness (QED) is 0.119. The van der Waals surface area contributed by atoms with Crippen LogP contribution in [-0.2, 0) is 5.41 Å². The van der Waals surface area contributed by atoms with E-state index in [0.717, 1.165) is 82.7 Å². The zero-order chi connectivity index (χ0) is 38.4. The molecule has 0 saturated heterocycles. The summed E-state index contributed by atoms with van der Waals surface area (Å²) in [5.74, 6) is 8.62. The number of ether oxygens (including phenoxy) is 2. The van der Waals surface area contributed by atoms with E-state index in [4.69, 9.17) is 20.9 Å². The standard InChI is InChI=1S/C51H64N2O2/c1-34(2)7-6-8-35(3)46-27-28-47-45-26-13-38-33-51(32-31-49(38,4)48(45)29-30-50(46,47)5,36-9-18-41(19-10-36)54-43-22-14-39(52)15-23-43)37-11-20-42(21-12-37)55-44-24-16-40(53)17-25-44/h9-26,34-35,38,45-48H,6-8,27-33,52-53H2,1-5H3. The number of anilines is 2. The number of nitrogen functional groups attached to an aromatic ring is 2. The molecule has 4 nitrogen and oxygen atoms in total. The van der Waals surface area contributed by atoms with E-state index in [0.29, 0.717) is 16.7 Å². The third kappa shape index (κ3) is 7.20. The maximum atomic E-state index is 6.26. The van der Waals surface area contributed by atoms with Gasteiger partial charge in [-0.05, 0) is 181 Å². The van der Waals surface area contributed by atoms with Crippen molar-refractivity contribution in [3.63, 3.8) is 0 Å². The minimum Gasteiger partial charge on any atom is -0.457 e. The molecule has 4 heteroatoms. The zero-order valence-electron chi connectivity index (χ0n) is 34.0. The zero-order valence-corrected chi connectivity index (χ0v) is 34.0. The average molecular weight is 737 g/mol. The summed E-state index contributed by atoms with van der Waals surface area (Å²) in [6.45, 7) is 12.7. The first-order valence-corrected chi connectivity index (χ1v) is 21.4. The van der Waals surface area contributed by atoms with Gasteiger partial charge in [-0.3, -0.25) is 0 Å². The molecule has 290 valence electrons. The Balaban J connectivity index is 1.07. The van der Waals surface area contributed by atoms with Gasteiger partial charge in [-0.1, -0.05) is 90.3 Å². The van der Waals surface area contributed by atoms with Crippen molar-refractivity contribution in [3.05, 3.63) is 120 Å². The summed E-state index contributed by atoms with van der Waals surface area (Å²) in [5, 5.41) is 0. The Morgan fingerprint density at radius 1 is 0.582 bits per heavy atom. The normalized spacial score (nSPS) is 29.9. The van der Waals surface area contributed by atoms with Crippen LogP contribution in [0.3, 0.4) is 0 Å². The molecule has 4 aliphatic rings. The van der Waals surface area contributed by atoms with Crippen molar-refractivity contribution in [2.45, 2.75) is 104 Å². The molecule has 3 saturated carbocycles. The molecule has 4 aromatic carbocycles. The lowest BCUT2D eigenvalue weighted by atomic mass is 9.43. The number of nitrogens with two attached hydrogens (primary N) is 2. The summed E-state index contributed by atoms with van der Waals surface area (Å²) in [7, 11) is 0. The molecule has 3 fully saturated rings. The Kier molecular flexibility index (Phi) is 10.3. The third-order valence-corrected chi connectivity index (χ3v) is 15.5. The summed E-state index contributed by atoms with van der Waals surface area (Å²) in [5.41, 5.74) is 16.7. The lowest BCUT2D eigenvalue weighted by molar-refractivity contribution is -0.0720. The van der Waals surface area contributed by atoms with E-state index in [-0.39, 0.29) is 5.41 Å². The number of hydrogen-bond donors (Lipinski definition) is 2. The second kappa shape index (κ2) is 15.1. The molecule has 4 aliphatic carbocycles. The van der Waals surface area contributed by atoms with Crippen molar-refractivity contribution < 1.29 is 9.47 Å². The molecule has 0 bridgehead atoms. The monoisotopic (exact) mass is 736 g/mol. The van der Waals surface area contributed by atoms with Crippen LogP contribution in [0.2, 0.25) is 0 Å². The Hall–Kier alpha value is -4.18. The van der Waals surface area contributed by atoms with Gasteiger partial charge in [-0.2, -0.15) is 0 Å². The fraction of sp³-hybridized carbons (Fsp3) is 0.490. The molecule has 8 atom stereocenters. The highest BCUT2D eigenvalue weighted by molar-refractivity contribution is 5.48. The fourth-order valence-electron chi connectivity index (χ4n) is 12.4. The smallest absolute Gasteiger partial charge is 0.127 e. The average Bonchev–Trinajstić information content (AvgIpc) is 3.54. The molecular formula is C51H64N2O2. The van der Waals surface area contributed by atoms with E-state index in [1.807, 2.05) is 48.5 Å². The van der Waals surface area contributed by atoms with Gasteiger partial charge in [0.25, 0.3) is 0 Å². The molecule has 0 spiro atoms. The third-order valence-electron chi connectivity index (χ3n) is 15.5. The van der Waals surface area contributed by atoms with E-state index in [9.17, 15) is 0 Å². The maximum absolute atomic E-state index is 6.26. The Morgan fingerprint density at radius 3 is 1.62 bits per heavy atom. The molecular weight excluding hydrogens is 673 g/mol. The second-order valence-corrected chi connectivity index (χ2v) is 19.0. The van der Waals surface area contributed by atoms with Crippen LogP contribution in [-0.4, -0.2) is 0 Å². The van der Waals surface area contributed by atoms with Crippen LogP contribution in [0, 0.1) is 52.3 Å². The highest BCUT2D eigenvalue weighted by Crippen LogP contribution is 2.68. The van der Waals surface area contributed by atoms with Crippen molar-refractivity contribution in [1.82, 2.24) is 0 Å². The topological polar surface area (TPSA) is 70.5 Å². The number of rotatable bonds is 11. The maximum Gasteiger partial charge on any atom is 0.127 e. The second-order valence-electron chi connectivity index (χ2n) is 19.0. The van der Waals surface area contributed by atoms with Gasteiger partial charge >= 0.3 is 0 Å². The van der Waals surface area contributed by atoms with E-state index in [2.05, 4.69) is 95.3 Å². The molecule has 0 aliphatic heterocycles. The van der Waals surface area contributed by atoms with Gasteiger partial charge in [-0.15, -0.1) is 0 Å². The van der Waals surface area contributed by atoms with Gasteiger partial charge in [0.05, 0.1) is 0 Å². The first kappa shape index (κ1) is 37.7. The van der Waals surface area contributed by atoms with Crippen molar-refractivity contribution >= 4 is 11.4 Å². The predicted octanol–water partition coefficient (Wildman–Crippen LogP) is 13.6. The summed E-state index contributed by atoms with van der Waals surface area (Å²) < 4.78 is 12.5. The molecule has 4 N–H and O–H groups in total. The summed E-state index contributed by atoms with van der Waals surface area (Å²) >= 11 is 0. The first-order chi connectivity index (χ1) is 26.5. The molecule has 4 aromatic rings. The van der Waals surface area contributed by atoms with Crippen molar-refractivity contribution in [3.8, 4) is 23.0 Å². The van der Waals surface area contributed by atoms with Crippen LogP contribution >= 0.6 is 0 Å². The Bertz CT molecular complexity index is 1840. The molecule has 0 amide bonds. The first-order valence-electron chi connectivity index (χ1n) is 21.4. The van der Waals surface area contributed by atoms with Crippen LogP contribution in [0.25, 0.3) is 0 Å². The van der Waals surface area contributed by atoms with Gasteiger partial charge in [0, 0.05) is 16.8 Å². The highest BCUT2D eigenvalue weighted by atomic mass is 16.5. The van der Waals surface area contributed by atoms with E-state index < -0.39 is 0 Å². The minimum absolute atomic E-state index is 0.117. The van der Waals surface area contributed by atoms with Crippen LogP contribution < -0.4 is 20.9 Å².